The van der Waals surface area contributed by atoms with E-state index >= 15 is 0 Å². The van der Waals surface area contributed by atoms with E-state index in [0.29, 0.717) is 12.0 Å². The average molecular weight is 240 g/mol. The van der Waals surface area contributed by atoms with Crippen LogP contribution in [0.1, 0.15) is 38.5 Å². The lowest BCUT2D eigenvalue weighted by molar-refractivity contribution is 0.0266. The van der Waals surface area contributed by atoms with Gasteiger partial charge >= 0.3 is 0 Å². The molecule has 2 fully saturated rings. The van der Waals surface area contributed by atoms with E-state index < -0.39 is 0 Å². The summed E-state index contributed by atoms with van der Waals surface area (Å²) < 4.78 is 0. The molecule has 0 bridgehead atoms. The summed E-state index contributed by atoms with van der Waals surface area (Å²) in [5, 5.41) is 10.4. The van der Waals surface area contributed by atoms with Crippen LogP contribution in [-0.4, -0.2) is 60.8 Å². The maximum Gasteiger partial charge on any atom is 0.0583 e. The van der Waals surface area contributed by atoms with Crippen LogP contribution in [0.4, 0.5) is 0 Å². The summed E-state index contributed by atoms with van der Waals surface area (Å²) in [7, 11) is 4.39. The highest BCUT2D eigenvalue weighted by Crippen LogP contribution is 2.29. The first-order chi connectivity index (χ1) is 8.16. The molecule has 1 aliphatic carbocycles. The van der Waals surface area contributed by atoms with Gasteiger partial charge in [-0.1, -0.05) is 19.3 Å². The second-order valence-corrected chi connectivity index (χ2v) is 6.10. The van der Waals surface area contributed by atoms with Crippen LogP contribution in [0, 0.1) is 5.92 Å². The van der Waals surface area contributed by atoms with Gasteiger partial charge in [-0.05, 0) is 39.3 Å². The van der Waals surface area contributed by atoms with Crippen molar-refractivity contribution in [2.45, 2.75) is 50.7 Å². The highest BCUT2D eigenvalue weighted by Gasteiger charge is 2.28. The topological polar surface area (TPSA) is 26.7 Å². The standard InChI is InChI=1S/C14H28N2O/c1-15-8-9-16(2)13(11-15)10-14(17)12-6-4-3-5-7-12/h12-14,17H,3-11H2,1-2H3. The smallest absolute Gasteiger partial charge is 0.0583 e. The number of hydrogen-bond donors (Lipinski definition) is 1. The van der Waals surface area contributed by atoms with Crippen LogP contribution in [0.15, 0.2) is 0 Å². The Balaban J connectivity index is 1.81. The van der Waals surface area contributed by atoms with Crippen molar-refractivity contribution in [1.82, 2.24) is 9.80 Å². The Morgan fingerprint density at radius 2 is 1.82 bits per heavy atom. The van der Waals surface area contributed by atoms with Crippen LogP contribution in [0.25, 0.3) is 0 Å². The highest BCUT2D eigenvalue weighted by molar-refractivity contribution is 4.83. The van der Waals surface area contributed by atoms with Gasteiger partial charge in [0, 0.05) is 25.7 Å². The Morgan fingerprint density at radius 3 is 2.53 bits per heavy atom. The van der Waals surface area contributed by atoms with Gasteiger partial charge in [-0.15, -0.1) is 0 Å². The first-order valence-corrected chi connectivity index (χ1v) is 7.23. The molecule has 17 heavy (non-hydrogen) atoms. The Labute approximate surface area is 106 Å². The van der Waals surface area contributed by atoms with Crippen molar-refractivity contribution >= 4 is 0 Å². The molecule has 1 aliphatic heterocycles. The molecule has 3 heteroatoms. The van der Waals surface area contributed by atoms with Gasteiger partial charge in [0.1, 0.15) is 0 Å². The predicted molar refractivity (Wildman–Crippen MR) is 71.1 cm³/mol. The van der Waals surface area contributed by atoms with E-state index in [0.717, 1.165) is 26.1 Å². The molecule has 3 nitrogen and oxygen atoms in total. The van der Waals surface area contributed by atoms with Crippen LogP contribution >= 0.6 is 0 Å². The lowest BCUT2D eigenvalue weighted by Gasteiger charge is -2.40. The van der Waals surface area contributed by atoms with Gasteiger partial charge < -0.3 is 14.9 Å². The van der Waals surface area contributed by atoms with E-state index in [1.807, 2.05) is 0 Å². The molecule has 0 amide bonds. The lowest BCUT2D eigenvalue weighted by Crippen LogP contribution is -2.51. The van der Waals surface area contributed by atoms with Crippen LogP contribution < -0.4 is 0 Å². The van der Waals surface area contributed by atoms with Crippen molar-refractivity contribution in [2.75, 3.05) is 33.7 Å². The molecule has 100 valence electrons. The fourth-order valence-electron chi connectivity index (χ4n) is 3.35. The molecule has 1 saturated carbocycles. The van der Waals surface area contributed by atoms with Gasteiger partial charge in [0.15, 0.2) is 0 Å². The van der Waals surface area contributed by atoms with Gasteiger partial charge in [0.25, 0.3) is 0 Å². The summed E-state index contributed by atoms with van der Waals surface area (Å²) in [6.45, 7) is 3.41. The first-order valence-electron chi connectivity index (χ1n) is 7.23. The SMILES string of the molecule is CN1CCN(C)C(CC(O)C2CCCCC2)C1. The zero-order valence-electron chi connectivity index (χ0n) is 11.4. The molecular weight excluding hydrogens is 212 g/mol. The largest absolute Gasteiger partial charge is 0.393 e. The van der Waals surface area contributed by atoms with Gasteiger partial charge in [0.05, 0.1) is 6.10 Å². The van der Waals surface area contributed by atoms with Crippen LogP contribution in [-0.2, 0) is 0 Å². The fraction of sp³-hybridized carbons (Fsp3) is 1.00. The van der Waals surface area contributed by atoms with Crippen molar-refractivity contribution in [3.63, 3.8) is 0 Å². The molecule has 2 rings (SSSR count). The van der Waals surface area contributed by atoms with Gasteiger partial charge in [0.2, 0.25) is 0 Å². The number of aliphatic hydroxyl groups is 1. The molecule has 1 heterocycles. The van der Waals surface area contributed by atoms with Crippen LogP contribution in [0.3, 0.4) is 0 Å². The molecular formula is C14H28N2O. The molecule has 1 saturated heterocycles. The maximum atomic E-state index is 10.4. The Kier molecular flexibility index (Phi) is 4.83. The summed E-state index contributed by atoms with van der Waals surface area (Å²) in [6, 6.07) is 0.547. The maximum absolute atomic E-state index is 10.4. The summed E-state index contributed by atoms with van der Waals surface area (Å²) in [6.07, 6.45) is 7.39. The third-order valence-corrected chi connectivity index (χ3v) is 4.69. The molecule has 0 aromatic heterocycles. The molecule has 2 unspecified atom stereocenters. The third kappa shape index (κ3) is 3.67. The fourth-order valence-corrected chi connectivity index (χ4v) is 3.35. The first kappa shape index (κ1) is 13.3. The molecule has 0 spiro atoms. The molecule has 2 atom stereocenters. The summed E-state index contributed by atoms with van der Waals surface area (Å²) in [5.74, 6) is 0.574. The Hall–Kier alpha value is -0.120. The molecule has 0 aromatic rings. The van der Waals surface area contributed by atoms with Crippen molar-refractivity contribution in [3.05, 3.63) is 0 Å². The van der Waals surface area contributed by atoms with Crippen molar-refractivity contribution in [2.24, 2.45) is 5.92 Å². The van der Waals surface area contributed by atoms with Crippen LogP contribution in [0.5, 0.6) is 0 Å². The lowest BCUT2D eigenvalue weighted by atomic mass is 9.83. The van der Waals surface area contributed by atoms with Crippen molar-refractivity contribution in [1.29, 1.82) is 0 Å². The van der Waals surface area contributed by atoms with Crippen LogP contribution in [0.2, 0.25) is 0 Å². The average Bonchev–Trinajstić information content (AvgIpc) is 2.35. The third-order valence-electron chi connectivity index (χ3n) is 4.69. The molecule has 2 aliphatic rings. The minimum Gasteiger partial charge on any atom is -0.393 e. The molecule has 1 N–H and O–H groups in total. The van der Waals surface area contributed by atoms with E-state index in [1.54, 1.807) is 0 Å². The summed E-state index contributed by atoms with van der Waals surface area (Å²) in [5.41, 5.74) is 0. The van der Waals surface area contributed by atoms with Gasteiger partial charge in [-0.2, -0.15) is 0 Å². The zero-order chi connectivity index (χ0) is 12.3. The van der Waals surface area contributed by atoms with E-state index in [1.165, 1.54) is 32.1 Å². The Bertz CT molecular complexity index is 228. The van der Waals surface area contributed by atoms with Gasteiger partial charge in [-0.25, -0.2) is 0 Å². The second-order valence-electron chi connectivity index (χ2n) is 6.10. The van der Waals surface area contributed by atoms with E-state index in [4.69, 9.17) is 0 Å². The van der Waals surface area contributed by atoms with E-state index in [2.05, 4.69) is 23.9 Å². The number of nitrogens with zero attached hydrogens (tertiary/aromatic N) is 2. The minimum absolute atomic E-state index is 0.0748. The zero-order valence-corrected chi connectivity index (χ0v) is 11.4. The quantitative estimate of drug-likeness (QED) is 0.811. The highest BCUT2D eigenvalue weighted by atomic mass is 16.3. The van der Waals surface area contributed by atoms with Crippen molar-refractivity contribution in [3.8, 4) is 0 Å². The second kappa shape index (κ2) is 6.17. The monoisotopic (exact) mass is 240 g/mol. The van der Waals surface area contributed by atoms with Crippen molar-refractivity contribution < 1.29 is 5.11 Å². The number of aliphatic hydroxyl groups excluding tert-OH is 1. The number of piperazine rings is 1. The van der Waals surface area contributed by atoms with Gasteiger partial charge in [-0.3, -0.25) is 0 Å². The Morgan fingerprint density at radius 1 is 1.12 bits per heavy atom. The molecule has 0 aromatic carbocycles. The normalized spacial score (nSPS) is 31.6. The minimum atomic E-state index is -0.0748. The number of rotatable bonds is 3. The summed E-state index contributed by atoms with van der Waals surface area (Å²) in [4.78, 5) is 4.81. The summed E-state index contributed by atoms with van der Waals surface area (Å²) >= 11 is 0. The molecule has 0 radical (unpaired) electrons. The van der Waals surface area contributed by atoms with E-state index in [9.17, 15) is 5.11 Å². The predicted octanol–water partition coefficient (Wildman–Crippen LogP) is 1.56. The number of likely N-dealkylation sites (N-methyl/N-ethyl adjacent to an activating group) is 2. The number of hydrogen-bond acceptors (Lipinski definition) is 3. The van der Waals surface area contributed by atoms with E-state index in [-0.39, 0.29) is 6.10 Å².